The lowest BCUT2D eigenvalue weighted by molar-refractivity contribution is -0.117. The summed E-state index contributed by atoms with van der Waals surface area (Å²) in [4.78, 5) is 23.6. The topological polar surface area (TPSA) is 46.6 Å². The van der Waals surface area contributed by atoms with Gasteiger partial charge < -0.3 is 4.74 Å². The van der Waals surface area contributed by atoms with E-state index in [1.807, 2.05) is 30.3 Å². The predicted octanol–water partition coefficient (Wildman–Crippen LogP) is 2.62. The number of imide groups is 1. The van der Waals surface area contributed by atoms with E-state index in [4.69, 9.17) is 4.74 Å². The van der Waals surface area contributed by atoms with Crippen LogP contribution in [0.5, 0.6) is 0 Å². The fourth-order valence-corrected chi connectivity index (χ4v) is 1.40. The molecule has 0 bridgehead atoms. The number of ether oxygens (including phenoxy) is 1. The van der Waals surface area contributed by atoms with E-state index in [-0.39, 0.29) is 0 Å². The van der Waals surface area contributed by atoms with Crippen molar-refractivity contribution in [1.82, 2.24) is 4.90 Å². The highest BCUT2D eigenvalue weighted by Crippen LogP contribution is 2.09. The Bertz CT molecular complexity index is 395. The van der Waals surface area contributed by atoms with Gasteiger partial charge in [0.25, 0.3) is 0 Å². The molecule has 0 fully saturated rings. The Morgan fingerprint density at radius 1 is 1.28 bits per heavy atom. The van der Waals surface area contributed by atoms with Crippen LogP contribution < -0.4 is 0 Å². The average molecular weight is 249 g/mol. The molecule has 0 aliphatic carbocycles. The van der Waals surface area contributed by atoms with Gasteiger partial charge in [-0.05, 0) is 32.8 Å². The van der Waals surface area contributed by atoms with Gasteiger partial charge in [-0.3, -0.25) is 4.79 Å². The van der Waals surface area contributed by atoms with E-state index in [1.165, 1.54) is 0 Å². The Labute approximate surface area is 108 Å². The molecule has 4 nitrogen and oxygen atoms in total. The zero-order valence-electron chi connectivity index (χ0n) is 11.1. The van der Waals surface area contributed by atoms with E-state index < -0.39 is 11.7 Å². The van der Waals surface area contributed by atoms with Gasteiger partial charge in [-0.15, -0.1) is 0 Å². The molecule has 2 amide bonds. The number of nitrogens with zero attached hydrogens (tertiary/aromatic N) is 1. The summed E-state index contributed by atoms with van der Waals surface area (Å²) in [5, 5.41) is 0. The number of amides is 2. The molecule has 0 aliphatic heterocycles. The monoisotopic (exact) mass is 249 g/mol. The molecule has 0 spiro atoms. The van der Waals surface area contributed by atoms with Crippen molar-refractivity contribution in [3.05, 3.63) is 35.9 Å². The molecule has 0 saturated heterocycles. The maximum atomic E-state index is 11.7. The molecular weight excluding hydrogens is 230 g/mol. The molecule has 98 valence electrons. The number of carbonyl (C=O) groups is 2. The second kappa shape index (κ2) is 6.19. The second-order valence-electron chi connectivity index (χ2n) is 5.01. The highest BCUT2D eigenvalue weighted by Gasteiger charge is 2.21. The van der Waals surface area contributed by atoms with Crippen molar-refractivity contribution in [2.45, 2.75) is 32.8 Å². The van der Waals surface area contributed by atoms with Crippen LogP contribution in [0.15, 0.2) is 30.3 Å². The van der Waals surface area contributed by atoms with E-state index in [0.29, 0.717) is 19.4 Å². The largest absolute Gasteiger partial charge is 0.443 e. The number of rotatable bonds is 4. The van der Waals surface area contributed by atoms with E-state index >= 15 is 0 Å². The van der Waals surface area contributed by atoms with Crippen molar-refractivity contribution in [1.29, 1.82) is 0 Å². The summed E-state index contributed by atoms with van der Waals surface area (Å²) in [5.41, 5.74) is 0.485. The van der Waals surface area contributed by atoms with Crippen LogP contribution in [0.25, 0.3) is 0 Å². The molecule has 0 radical (unpaired) electrons. The number of benzene rings is 1. The fourth-order valence-electron chi connectivity index (χ4n) is 1.40. The Morgan fingerprint density at radius 2 is 1.89 bits per heavy atom. The van der Waals surface area contributed by atoms with Crippen molar-refractivity contribution < 1.29 is 14.3 Å². The lowest BCUT2D eigenvalue weighted by atomic mass is 10.1. The maximum absolute atomic E-state index is 11.7. The summed E-state index contributed by atoms with van der Waals surface area (Å²) in [5.74, 6) is 0. The van der Waals surface area contributed by atoms with E-state index in [1.54, 1.807) is 20.8 Å². The van der Waals surface area contributed by atoms with Crippen LogP contribution in [0.4, 0.5) is 4.79 Å². The van der Waals surface area contributed by atoms with E-state index in [0.717, 1.165) is 10.5 Å². The SMILES string of the molecule is CC(C)(C)OC(=O)N(C=O)CCc1ccccc1. The van der Waals surface area contributed by atoms with Crippen LogP contribution in [0.1, 0.15) is 26.3 Å². The number of hydrogen-bond acceptors (Lipinski definition) is 3. The maximum Gasteiger partial charge on any atom is 0.416 e. The van der Waals surface area contributed by atoms with Crippen LogP contribution in [-0.4, -0.2) is 29.5 Å². The molecule has 1 rings (SSSR count). The van der Waals surface area contributed by atoms with Gasteiger partial charge in [-0.2, -0.15) is 0 Å². The summed E-state index contributed by atoms with van der Waals surface area (Å²) >= 11 is 0. The normalized spacial score (nSPS) is 10.8. The van der Waals surface area contributed by atoms with E-state index in [2.05, 4.69) is 0 Å². The summed E-state index contributed by atoms with van der Waals surface area (Å²) in [7, 11) is 0. The van der Waals surface area contributed by atoms with Gasteiger partial charge in [0.15, 0.2) is 0 Å². The zero-order chi connectivity index (χ0) is 13.6. The second-order valence-corrected chi connectivity index (χ2v) is 5.01. The molecule has 0 saturated carbocycles. The van der Waals surface area contributed by atoms with Crippen molar-refractivity contribution in [3.8, 4) is 0 Å². The molecule has 0 atom stereocenters. The van der Waals surface area contributed by atoms with Crippen molar-refractivity contribution in [3.63, 3.8) is 0 Å². The molecule has 0 N–H and O–H groups in total. The lowest BCUT2D eigenvalue weighted by Gasteiger charge is -2.23. The highest BCUT2D eigenvalue weighted by atomic mass is 16.6. The van der Waals surface area contributed by atoms with Crippen LogP contribution in [0.2, 0.25) is 0 Å². The van der Waals surface area contributed by atoms with Gasteiger partial charge in [-0.25, -0.2) is 9.69 Å². The third-order valence-electron chi connectivity index (χ3n) is 2.24. The third-order valence-corrected chi connectivity index (χ3v) is 2.24. The average Bonchev–Trinajstić information content (AvgIpc) is 2.29. The van der Waals surface area contributed by atoms with Gasteiger partial charge >= 0.3 is 6.09 Å². The summed E-state index contributed by atoms with van der Waals surface area (Å²) < 4.78 is 5.13. The smallest absolute Gasteiger partial charge is 0.416 e. The van der Waals surface area contributed by atoms with Crippen LogP contribution in [-0.2, 0) is 16.0 Å². The molecule has 1 aromatic carbocycles. The lowest BCUT2D eigenvalue weighted by Crippen LogP contribution is -2.37. The highest BCUT2D eigenvalue weighted by molar-refractivity contribution is 5.80. The minimum Gasteiger partial charge on any atom is -0.443 e. The van der Waals surface area contributed by atoms with Gasteiger partial charge in [-0.1, -0.05) is 30.3 Å². The Morgan fingerprint density at radius 3 is 2.39 bits per heavy atom. The van der Waals surface area contributed by atoms with Gasteiger partial charge in [0.05, 0.1) is 0 Å². The summed E-state index contributed by atoms with van der Waals surface area (Å²) in [6.07, 6.45) is 0.531. The van der Waals surface area contributed by atoms with Crippen LogP contribution in [0, 0.1) is 0 Å². The Balaban J connectivity index is 2.52. The molecule has 0 heterocycles. The molecule has 0 unspecified atom stereocenters. The first-order valence-corrected chi connectivity index (χ1v) is 5.91. The van der Waals surface area contributed by atoms with Gasteiger partial charge in [0.1, 0.15) is 5.60 Å². The van der Waals surface area contributed by atoms with Crippen LogP contribution >= 0.6 is 0 Å². The molecular formula is C14H19NO3. The Kier molecular flexibility index (Phi) is 4.89. The standard InChI is InChI=1S/C14H19NO3/c1-14(2,3)18-13(17)15(11-16)10-9-12-7-5-4-6-8-12/h4-8,11H,9-10H2,1-3H3. The predicted molar refractivity (Wildman–Crippen MR) is 69.2 cm³/mol. The molecule has 0 aromatic heterocycles. The minimum absolute atomic E-state index is 0.322. The van der Waals surface area contributed by atoms with Crippen LogP contribution in [0.3, 0.4) is 0 Å². The number of hydrogen-bond donors (Lipinski definition) is 0. The molecule has 18 heavy (non-hydrogen) atoms. The number of carbonyl (C=O) groups excluding carboxylic acids is 2. The van der Waals surface area contributed by atoms with Crippen molar-refractivity contribution >= 4 is 12.5 Å². The summed E-state index contributed by atoms with van der Waals surface area (Å²) in [6, 6.07) is 9.69. The van der Waals surface area contributed by atoms with Crippen molar-refractivity contribution in [2.75, 3.05) is 6.54 Å². The van der Waals surface area contributed by atoms with E-state index in [9.17, 15) is 9.59 Å². The van der Waals surface area contributed by atoms with Gasteiger partial charge in [0, 0.05) is 6.54 Å². The quantitative estimate of drug-likeness (QED) is 0.771. The summed E-state index contributed by atoms with van der Waals surface area (Å²) in [6.45, 7) is 5.63. The molecule has 4 heteroatoms. The minimum atomic E-state index is -0.603. The first-order valence-electron chi connectivity index (χ1n) is 5.91. The molecule has 0 aliphatic rings. The fraction of sp³-hybridized carbons (Fsp3) is 0.429. The Hall–Kier alpha value is -1.84. The van der Waals surface area contributed by atoms with Gasteiger partial charge in [0.2, 0.25) is 6.41 Å². The first kappa shape index (κ1) is 14.2. The first-order chi connectivity index (χ1) is 8.42. The van der Waals surface area contributed by atoms with Crippen molar-refractivity contribution in [2.24, 2.45) is 0 Å². The zero-order valence-corrected chi connectivity index (χ0v) is 11.1. The third kappa shape index (κ3) is 4.99. The molecule has 1 aromatic rings.